The predicted octanol–water partition coefficient (Wildman–Crippen LogP) is 4.18. The lowest BCUT2D eigenvalue weighted by Gasteiger charge is -2.13. The van der Waals surface area contributed by atoms with Crippen LogP contribution in [0, 0.1) is 0 Å². The molecule has 0 aliphatic carbocycles. The quantitative estimate of drug-likeness (QED) is 0.445. The molecule has 7 nitrogen and oxygen atoms in total. The summed E-state index contributed by atoms with van der Waals surface area (Å²) >= 11 is 1.83. The lowest BCUT2D eigenvalue weighted by atomic mass is 10.2. The van der Waals surface area contributed by atoms with Gasteiger partial charge in [0.2, 0.25) is 5.95 Å². The number of anilines is 3. The number of pyridine rings is 1. The van der Waals surface area contributed by atoms with E-state index in [0.717, 1.165) is 58.1 Å². The smallest absolute Gasteiger partial charge is 0.224 e. The molecule has 1 aliphatic rings. The van der Waals surface area contributed by atoms with Gasteiger partial charge in [-0.3, -0.25) is 10.1 Å². The highest BCUT2D eigenvalue weighted by Gasteiger charge is 2.25. The Kier molecular flexibility index (Phi) is 4.77. The summed E-state index contributed by atoms with van der Waals surface area (Å²) in [4.78, 5) is 15.0. The summed E-state index contributed by atoms with van der Waals surface area (Å²) in [5.74, 6) is 1.51. The third-order valence-electron chi connectivity index (χ3n) is 4.83. The van der Waals surface area contributed by atoms with Crippen LogP contribution in [-0.2, 0) is 12.8 Å². The summed E-state index contributed by atoms with van der Waals surface area (Å²) in [6.07, 6.45) is 5.42. The van der Waals surface area contributed by atoms with Crippen LogP contribution in [-0.4, -0.2) is 36.9 Å². The van der Waals surface area contributed by atoms with Crippen LogP contribution in [0.4, 0.5) is 17.5 Å². The molecule has 3 aromatic heterocycles. The molecule has 8 heteroatoms. The number of aromatic nitrogens is 5. The number of aromatic amines is 1. The number of nitrogens with one attached hydrogen (secondary N) is 3. The molecule has 5 rings (SSSR count). The van der Waals surface area contributed by atoms with Crippen LogP contribution < -0.4 is 10.6 Å². The van der Waals surface area contributed by atoms with Crippen LogP contribution in [0.25, 0.3) is 10.9 Å². The molecule has 0 saturated carbocycles. The fourth-order valence-corrected chi connectivity index (χ4v) is 4.56. The van der Waals surface area contributed by atoms with Crippen LogP contribution in [0.15, 0.2) is 53.7 Å². The molecule has 0 amide bonds. The molecule has 0 saturated heterocycles. The highest BCUT2D eigenvalue weighted by molar-refractivity contribution is 8.00. The normalized spacial score (nSPS) is 15.4. The zero-order chi connectivity index (χ0) is 19.6. The Morgan fingerprint density at radius 3 is 3.07 bits per heavy atom. The van der Waals surface area contributed by atoms with Crippen LogP contribution in [0.3, 0.4) is 0 Å². The van der Waals surface area contributed by atoms with E-state index in [0.29, 0.717) is 11.2 Å². The van der Waals surface area contributed by atoms with Crippen LogP contribution >= 0.6 is 11.8 Å². The van der Waals surface area contributed by atoms with Crippen molar-refractivity contribution in [1.29, 1.82) is 0 Å². The Hall–Kier alpha value is -3.13. The molecule has 0 fully saturated rings. The third-order valence-corrected chi connectivity index (χ3v) is 6.06. The van der Waals surface area contributed by atoms with Gasteiger partial charge in [-0.1, -0.05) is 13.0 Å². The Bertz CT molecular complexity index is 1140. The highest BCUT2D eigenvalue weighted by atomic mass is 32.2. The second-order valence-electron chi connectivity index (χ2n) is 7.10. The Morgan fingerprint density at radius 2 is 2.17 bits per heavy atom. The topological polar surface area (TPSA) is 91.4 Å². The largest absolute Gasteiger partial charge is 0.354 e. The molecule has 1 aromatic carbocycles. The minimum atomic E-state index is 0.500. The first-order valence-corrected chi connectivity index (χ1v) is 10.5. The van der Waals surface area contributed by atoms with E-state index in [1.807, 2.05) is 54.5 Å². The van der Waals surface area contributed by atoms with Gasteiger partial charge in [-0.2, -0.15) is 10.1 Å². The first-order valence-electron chi connectivity index (χ1n) is 9.66. The SMILES string of the molecule is CC1Cc2nc(NCCc3ccccn3)nc(Nc3ccc4[nH]ncc4c3)c2S1. The summed E-state index contributed by atoms with van der Waals surface area (Å²) in [6, 6.07) is 12.1. The van der Waals surface area contributed by atoms with E-state index in [1.54, 1.807) is 0 Å². The third kappa shape index (κ3) is 3.88. The van der Waals surface area contributed by atoms with Crippen molar-refractivity contribution in [1.82, 2.24) is 25.1 Å². The van der Waals surface area contributed by atoms with Crippen molar-refractivity contribution in [2.24, 2.45) is 0 Å². The second kappa shape index (κ2) is 7.71. The maximum atomic E-state index is 4.77. The summed E-state index contributed by atoms with van der Waals surface area (Å²) in [7, 11) is 0. The highest BCUT2D eigenvalue weighted by Crippen LogP contribution is 2.41. The minimum Gasteiger partial charge on any atom is -0.354 e. The fraction of sp³-hybridized carbons (Fsp3) is 0.238. The van der Waals surface area contributed by atoms with Crippen molar-refractivity contribution in [3.63, 3.8) is 0 Å². The Morgan fingerprint density at radius 1 is 1.21 bits per heavy atom. The molecular formula is C21H21N7S. The minimum absolute atomic E-state index is 0.500. The predicted molar refractivity (Wildman–Crippen MR) is 117 cm³/mol. The molecule has 1 unspecified atom stereocenters. The lowest BCUT2D eigenvalue weighted by Crippen LogP contribution is -2.11. The van der Waals surface area contributed by atoms with E-state index in [-0.39, 0.29) is 0 Å². The van der Waals surface area contributed by atoms with E-state index in [1.165, 1.54) is 0 Å². The van der Waals surface area contributed by atoms with Crippen molar-refractivity contribution < 1.29 is 0 Å². The van der Waals surface area contributed by atoms with Gasteiger partial charge < -0.3 is 10.6 Å². The summed E-state index contributed by atoms with van der Waals surface area (Å²) < 4.78 is 0. The van der Waals surface area contributed by atoms with Crippen molar-refractivity contribution in [2.75, 3.05) is 17.2 Å². The number of thioether (sulfide) groups is 1. The first kappa shape index (κ1) is 17.9. The molecule has 0 radical (unpaired) electrons. The molecule has 1 aliphatic heterocycles. The van der Waals surface area contributed by atoms with Crippen molar-refractivity contribution in [2.45, 2.75) is 29.9 Å². The molecule has 3 N–H and O–H groups in total. The lowest BCUT2D eigenvalue weighted by molar-refractivity contribution is 0.883. The molecule has 0 bridgehead atoms. The maximum Gasteiger partial charge on any atom is 0.224 e. The van der Waals surface area contributed by atoms with Crippen molar-refractivity contribution in [3.05, 3.63) is 60.2 Å². The monoisotopic (exact) mass is 403 g/mol. The number of hydrogen-bond acceptors (Lipinski definition) is 7. The molecule has 4 heterocycles. The van der Waals surface area contributed by atoms with E-state index < -0.39 is 0 Å². The average Bonchev–Trinajstić information content (AvgIpc) is 3.34. The number of hydrogen-bond donors (Lipinski definition) is 3. The number of nitrogens with zero attached hydrogens (tertiary/aromatic N) is 4. The van der Waals surface area contributed by atoms with Crippen LogP contribution in [0.5, 0.6) is 0 Å². The van der Waals surface area contributed by atoms with Gasteiger partial charge in [0.15, 0.2) is 0 Å². The number of rotatable bonds is 6. The van der Waals surface area contributed by atoms with Gasteiger partial charge in [-0.05, 0) is 30.3 Å². The van der Waals surface area contributed by atoms with E-state index in [9.17, 15) is 0 Å². The molecule has 1 atom stereocenters. The van der Waals surface area contributed by atoms with Crippen molar-refractivity contribution >= 4 is 40.1 Å². The molecule has 0 spiro atoms. The van der Waals surface area contributed by atoms with Gasteiger partial charge in [-0.25, -0.2) is 4.98 Å². The standard InChI is InChI=1S/C21H21N7S/c1-13-10-18-19(29-13)20(25-16-5-6-17-14(11-16)12-24-28-17)27-21(26-18)23-9-7-15-4-2-3-8-22-15/h2-6,8,11-13H,7,9-10H2,1H3,(H,24,28)(H2,23,25,26,27). The molecule has 146 valence electrons. The summed E-state index contributed by atoms with van der Waals surface area (Å²) in [6.45, 7) is 2.96. The molecule has 29 heavy (non-hydrogen) atoms. The van der Waals surface area contributed by atoms with Gasteiger partial charge in [-0.15, -0.1) is 11.8 Å². The summed E-state index contributed by atoms with van der Waals surface area (Å²) in [5.41, 5.74) is 4.16. The second-order valence-corrected chi connectivity index (χ2v) is 8.55. The van der Waals surface area contributed by atoms with Crippen molar-refractivity contribution in [3.8, 4) is 0 Å². The zero-order valence-electron chi connectivity index (χ0n) is 16.0. The fourth-order valence-electron chi connectivity index (χ4n) is 3.44. The Balaban J connectivity index is 1.38. The Labute approximate surface area is 172 Å². The number of fused-ring (bicyclic) bond motifs is 2. The number of benzene rings is 1. The van der Waals surface area contributed by atoms with Gasteiger partial charge in [0.25, 0.3) is 0 Å². The number of H-pyrrole nitrogens is 1. The zero-order valence-corrected chi connectivity index (χ0v) is 16.8. The van der Waals surface area contributed by atoms with Crippen LogP contribution in [0.2, 0.25) is 0 Å². The van der Waals surface area contributed by atoms with E-state index in [4.69, 9.17) is 9.97 Å². The van der Waals surface area contributed by atoms with Gasteiger partial charge >= 0.3 is 0 Å². The summed E-state index contributed by atoms with van der Waals surface area (Å²) in [5, 5.41) is 15.5. The molecule has 4 aromatic rings. The van der Waals surface area contributed by atoms with Gasteiger partial charge in [0.1, 0.15) is 5.82 Å². The van der Waals surface area contributed by atoms with E-state index in [2.05, 4.69) is 38.8 Å². The van der Waals surface area contributed by atoms with E-state index >= 15 is 0 Å². The van der Waals surface area contributed by atoms with Crippen LogP contribution in [0.1, 0.15) is 18.3 Å². The maximum absolute atomic E-state index is 4.77. The van der Waals surface area contributed by atoms with Gasteiger partial charge in [0.05, 0.1) is 22.3 Å². The first-order chi connectivity index (χ1) is 14.2. The average molecular weight is 404 g/mol. The van der Waals surface area contributed by atoms with Gasteiger partial charge in [0, 0.05) is 47.6 Å². The molecular weight excluding hydrogens is 382 g/mol.